The number of nitrogens with zero attached hydrogens (tertiary/aromatic N) is 2. The van der Waals surface area contributed by atoms with E-state index in [1.54, 1.807) is 0 Å². The van der Waals surface area contributed by atoms with Crippen LogP contribution in [0.4, 0.5) is 0 Å². The number of epoxide rings is 1. The van der Waals surface area contributed by atoms with Gasteiger partial charge < -0.3 is 9.57 Å². The number of aryl methyl sites for hydroxylation is 2. The molecule has 1 unspecified atom stereocenters. The quantitative estimate of drug-likeness (QED) is 0.590. The summed E-state index contributed by atoms with van der Waals surface area (Å²) in [6.45, 7) is 3.37. The molecule has 1 saturated heterocycles. The first-order valence-corrected chi connectivity index (χ1v) is 6.10. The Morgan fingerprint density at radius 2 is 2.35 bits per heavy atom. The smallest absolute Gasteiger partial charge is 0.145 e. The van der Waals surface area contributed by atoms with Crippen molar-refractivity contribution in [3.63, 3.8) is 0 Å². The summed E-state index contributed by atoms with van der Waals surface area (Å²) in [5.41, 5.74) is 4.32. The average molecular weight is 232 g/mol. The highest BCUT2D eigenvalue weighted by Crippen LogP contribution is 2.21. The first-order chi connectivity index (χ1) is 8.33. The van der Waals surface area contributed by atoms with Crippen molar-refractivity contribution in [2.75, 3.05) is 13.2 Å². The average Bonchev–Trinajstić information content (AvgIpc) is 3.14. The van der Waals surface area contributed by atoms with Crippen LogP contribution in [0.5, 0.6) is 0 Å². The monoisotopic (exact) mass is 232 g/mol. The Morgan fingerprint density at radius 1 is 1.47 bits per heavy atom. The lowest BCUT2D eigenvalue weighted by Crippen LogP contribution is -2.15. The molecule has 1 aromatic heterocycles. The van der Waals surface area contributed by atoms with Gasteiger partial charge in [0.25, 0.3) is 0 Å². The molecule has 3 rings (SSSR count). The molecule has 1 atom stereocenters. The molecule has 1 fully saturated rings. The van der Waals surface area contributed by atoms with E-state index >= 15 is 0 Å². The number of hydrogen-bond donors (Lipinski definition) is 0. The second-order valence-corrected chi connectivity index (χ2v) is 4.60. The van der Waals surface area contributed by atoms with Crippen LogP contribution in [0.1, 0.15) is 29.8 Å². The van der Waals surface area contributed by atoms with Crippen LogP contribution < -0.4 is 0 Å². The van der Waals surface area contributed by atoms with Gasteiger partial charge in [0.15, 0.2) is 0 Å². The topological polar surface area (TPSA) is 47.0 Å². The highest BCUT2D eigenvalue weighted by Gasteiger charge is 2.24. The third-order valence-electron chi connectivity index (χ3n) is 3.09. The molecule has 0 bridgehead atoms. The molecule has 0 spiro atoms. The number of pyridine rings is 1. The van der Waals surface area contributed by atoms with Crippen LogP contribution in [0.15, 0.2) is 17.3 Å². The van der Waals surface area contributed by atoms with Gasteiger partial charge in [0.2, 0.25) is 0 Å². The second kappa shape index (κ2) is 4.45. The molecule has 90 valence electrons. The molecule has 4 heteroatoms. The van der Waals surface area contributed by atoms with E-state index in [1.807, 2.05) is 6.92 Å². The summed E-state index contributed by atoms with van der Waals surface area (Å²) in [5, 5.41) is 4.22. The zero-order valence-electron chi connectivity index (χ0n) is 9.98. The van der Waals surface area contributed by atoms with Crippen molar-refractivity contribution < 1.29 is 9.57 Å². The number of hydrogen-bond acceptors (Lipinski definition) is 4. The van der Waals surface area contributed by atoms with Gasteiger partial charge in [0.05, 0.1) is 12.3 Å². The van der Waals surface area contributed by atoms with E-state index in [4.69, 9.17) is 9.57 Å². The van der Waals surface area contributed by atoms with Crippen LogP contribution in [-0.4, -0.2) is 30.0 Å². The Balaban J connectivity index is 1.79. The number of fused-ring (bicyclic) bond motifs is 1. The zero-order chi connectivity index (χ0) is 11.7. The van der Waals surface area contributed by atoms with Crippen LogP contribution in [0.3, 0.4) is 0 Å². The SMILES string of the molecule is Cc1ccc2c(n1)/C(=N/OCC1CO1)CCC2. The molecule has 1 aliphatic heterocycles. The minimum atomic E-state index is 0.257. The molecule has 0 saturated carbocycles. The van der Waals surface area contributed by atoms with Crippen molar-refractivity contribution in [1.82, 2.24) is 4.98 Å². The first-order valence-electron chi connectivity index (χ1n) is 6.10. The van der Waals surface area contributed by atoms with Crippen molar-refractivity contribution >= 4 is 5.71 Å². The highest BCUT2D eigenvalue weighted by molar-refractivity contribution is 6.00. The Kier molecular flexibility index (Phi) is 2.81. The molecule has 4 nitrogen and oxygen atoms in total. The third-order valence-corrected chi connectivity index (χ3v) is 3.09. The van der Waals surface area contributed by atoms with E-state index in [0.29, 0.717) is 6.61 Å². The zero-order valence-corrected chi connectivity index (χ0v) is 9.98. The number of ether oxygens (including phenoxy) is 1. The van der Waals surface area contributed by atoms with Crippen LogP contribution >= 0.6 is 0 Å². The van der Waals surface area contributed by atoms with E-state index in [0.717, 1.165) is 43.0 Å². The summed E-state index contributed by atoms with van der Waals surface area (Å²) in [4.78, 5) is 9.88. The van der Waals surface area contributed by atoms with Gasteiger partial charge in [-0.3, -0.25) is 4.98 Å². The molecular weight excluding hydrogens is 216 g/mol. The van der Waals surface area contributed by atoms with E-state index < -0.39 is 0 Å². The first kappa shape index (κ1) is 10.7. The minimum absolute atomic E-state index is 0.257. The maximum Gasteiger partial charge on any atom is 0.145 e. The van der Waals surface area contributed by atoms with Gasteiger partial charge in [-0.25, -0.2) is 0 Å². The highest BCUT2D eigenvalue weighted by atomic mass is 16.7. The standard InChI is InChI=1S/C13H16N2O2/c1-9-5-6-10-3-2-4-12(13(10)14-9)15-17-8-11-7-16-11/h5-6,11H,2-4,7-8H2,1H3/b15-12+. The Bertz CT molecular complexity index is 453. The van der Waals surface area contributed by atoms with Gasteiger partial charge in [-0.05, 0) is 37.8 Å². The molecular formula is C13H16N2O2. The van der Waals surface area contributed by atoms with Crippen molar-refractivity contribution in [2.24, 2.45) is 5.16 Å². The van der Waals surface area contributed by atoms with Crippen LogP contribution in [-0.2, 0) is 16.0 Å². The predicted octanol–water partition coefficient (Wildman–Crippen LogP) is 1.85. The fourth-order valence-corrected chi connectivity index (χ4v) is 2.05. The maximum absolute atomic E-state index is 5.32. The Hall–Kier alpha value is -1.42. The Morgan fingerprint density at radius 3 is 3.18 bits per heavy atom. The van der Waals surface area contributed by atoms with E-state index in [-0.39, 0.29) is 6.10 Å². The van der Waals surface area contributed by atoms with Crippen LogP contribution in [0, 0.1) is 6.92 Å². The van der Waals surface area contributed by atoms with Crippen LogP contribution in [0.25, 0.3) is 0 Å². The molecule has 1 aliphatic carbocycles. The fraction of sp³-hybridized carbons (Fsp3) is 0.538. The van der Waals surface area contributed by atoms with E-state index in [2.05, 4.69) is 22.3 Å². The molecule has 0 aromatic carbocycles. The number of rotatable bonds is 3. The Labute approximate surface area is 101 Å². The van der Waals surface area contributed by atoms with Gasteiger partial charge in [-0.2, -0.15) is 0 Å². The van der Waals surface area contributed by atoms with Gasteiger partial charge in [-0.15, -0.1) is 0 Å². The summed E-state index contributed by atoms with van der Waals surface area (Å²) < 4.78 is 5.08. The van der Waals surface area contributed by atoms with Crippen molar-refractivity contribution in [3.05, 3.63) is 29.1 Å². The van der Waals surface area contributed by atoms with Gasteiger partial charge in [-0.1, -0.05) is 11.2 Å². The molecule has 1 aromatic rings. The van der Waals surface area contributed by atoms with Gasteiger partial charge in [0, 0.05) is 5.69 Å². The lowest BCUT2D eigenvalue weighted by molar-refractivity contribution is 0.124. The maximum atomic E-state index is 5.32. The lowest BCUT2D eigenvalue weighted by Gasteiger charge is -2.16. The predicted molar refractivity (Wildman–Crippen MR) is 64.1 cm³/mol. The van der Waals surface area contributed by atoms with E-state index in [9.17, 15) is 0 Å². The minimum Gasteiger partial charge on any atom is -0.393 e. The molecule has 0 radical (unpaired) electrons. The van der Waals surface area contributed by atoms with E-state index in [1.165, 1.54) is 5.56 Å². The van der Waals surface area contributed by atoms with Crippen molar-refractivity contribution in [3.8, 4) is 0 Å². The van der Waals surface area contributed by atoms with Crippen LogP contribution in [0.2, 0.25) is 0 Å². The van der Waals surface area contributed by atoms with Gasteiger partial charge in [0.1, 0.15) is 18.4 Å². The second-order valence-electron chi connectivity index (χ2n) is 4.60. The molecule has 17 heavy (non-hydrogen) atoms. The van der Waals surface area contributed by atoms with Crippen molar-refractivity contribution in [1.29, 1.82) is 0 Å². The number of aromatic nitrogens is 1. The van der Waals surface area contributed by atoms with Crippen molar-refractivity contribution in [2.45, 2.75) is 32.3 Å². The summed E-state index contributed by atoms with van der Waals surface area (Å²) in [7, 11) is 0. The van der Waals surface area contributed by atoms with Gasteiger partial charge >= 0.3 is 0 Å². The lowest BCUT2D eigenvalue weighted by atomic mass is 9.94. The summed E-state index contributed by atoms with van der Waals surface area (Å²) >= 11 is 0. The molecule has 0 N–H and O–H groups in total. The summed E-state index contributed by atoms with van der Waals surface area (Å²) in [6.07, 6.45) is 3.43. The molecule has 2 heterocycles. The summed E-state index contributed by atoms with van der Waals surface area (Å²) in [6, 6.07) is 4.21. The summed E-state index contributed by atoms with van der Waals surface area (Å²) in [5.74, 6) is 0. The normalized spacial score (nSPS) is 24.5. The molecule has 2 aliphatic rings. The largest absolute Gasteiger partial charge is 0.393 e. The molecule has 0 amide bonds. The number of oxime groups is 1. The fourth-order valence-electron chi connectivity index (χ4n) is 2.05. The third kappa shape index (κ3) is 2.47.